The van der Waals surface area contributed by atoms with E-state index in [1.54, 1.807) is 11.8 Å². The molecule has 0 heterocycles. The molecule has 0 atom stereocenters. The van der Waals surface area contributed by atoms with Crippen LogP contribution in [0, 0.1) is 0 Å². The maximum atomic E-state index is 8.56. The minimum absolute atomic E-state index is 0.0994. The van der Waals surface area contributed by atoms with E-state index >= 15 is 0 Å². The van der Waals surface area contributed by atoms with E-state index in [0.29, 0.717) is 19.3 Å². The van der Waals surface area contributed by atoms with Gasteiger partial charge >= 0.3 is 0 Å². The third-order valence-corrected chi connectivity index (χ3v) is 3.35. The Balaban J connectivity index is 2.23. The molecule has 18 heavy (non-hydrogen) atoms. The molecule has 0 aromatic heterocycles. The highest BCUT2D eigenvalue weighted by molar-refractivity contribution is 7.99. The Kier molecular flexibility index (Phi) is 8.09. The zero-order valence-electron chi connectivity index (χ0n) is 11.2. The Morgan fingerprint density at radius 2 is 1.94 bits per heavy atom. The molecule has 1 aromatic carbocycles. The van der Waals surface area contributed by atoms with E-state index in [0.717, 1.165) is 12.3 Å². The van der Waals surface area contributed by atoms with Gasteiger partial charge in [0.25, 0.3) is 0 Å². The lowest BCUT2D eigenvalue weighted by Crippen LogP contribution is -2.21. The highest BCUT2D eigenvalue weighted by Crippen LogP contribution is 2.18. The van der Waals surface area contributed by atoms with Crippen LogP contribution in [0.4, 0.5) is 0 Å². The number of thioether (sulfide) groups is 1. The number of nitrogens with one attached hydrogen (secondary N) is 1. The van der Waals surface area contributed by atoms with Crippen molar-refractivity contribution in [3.05, 3.63) is 29.8 Å². The highest BCUT2D eigenvalue weighted by atomic mass is 32.2. The van der Waals surface area contributed by atoms with E-state index < -0.39 is 0 Å². The number of benzene rings is 1. The Labute approximate surface area is 114 Å². The summed E-state index contributed by atoms with van der Waals surface area (Å²) in [6.45, 7) is 6.43. The van der Waals surface area contributed by atoms with Crippen molar-refractivity contribution >= 4 is 11.8 Å². The predicted octanol–water partition coefficient (Wildman–Crippen LogP) is 2.29. The summed E-state index contributed by atoms with van der Waals surface area (Å²) in [6.07, 6.45) is 0. The summed E-state index contributed by atoms with van der Waals surface area (Å²) >= 11 is 1.78. The van der Waals surface area contributed by atoms with Gasteiger partial charge in [0.15, 0.2) is 0 Å². The second kappa shape index (κ2) is 9.39. The van der Waals surface area contributed by atoms with Crippen LogP contribution in [0.3, 0.4) is 0 Å². The summed E-state index contributed by atoms with van der Waals surface area (Å²) < 4.78 is 5.21. The molecule has 0 aliphatic carbocycles. The lowest BCUT2D eigenvalue weighted by molar-refractivity contribution is 0.103. The van der Waals surface area contributed by atoms with Crippen molar-refractivity contribution in [2.75, 3.05) is 25.6 Å². The van der Waals surface area contributed by atoms with E-state index in [4.69, 9.17) is 9.84 Å². The van der Waals surface area contributed by atoms with E-state index in [-0.39, 0.29) is 6.61 Å². The van der Waals surface area contributed by atoms with Gasteiger partial charge in [0.1, 0.15) is 0 Å². The van der Waals surface area contributed by atoms with Crippen molar-refractivity contribution in [1.82, 2.24) is 5.32 Å². The zero-order valence-corrected chi connectivity index (χ0v) is 12.0. The molecular formula is C14H23NO2S. The highest BCUT2D eigenvalue weighted by Gasteiger charge is 1.97. The monoisotopic (exact) mass is 269 g/mol. The van der Waals surface area contributed by atoms with Crippen molar-refractivity contribution in [1.29, 1.82) is 0 Å². The second-order valence-corrected chi connectivity index (χ2v) is 5.53. The van der Waals surface area contributed by atoms with Gasteiger partial charge in [0, 0.05) is 23.2 Å². The lowest BCUT2D eigenvalue weighted by atomic mass is 10.2. The minimum Gasteiger partial charge on any atom is -0.394 e. The lowest BCUT2D eigenvalue weighted by Gasteiger charge is -2.08. The van der Waals surface area contributed by atoms with Gasteiger partial charge in [-0.05, 0) is 17.7 Å². The first-order valence-corrected chi connectivity index (χ1v) is 7.34. The summed E-state index contributed by atoms with van der Waals surface area (Å²) in [5.74, 6) is 0.920. The third kappa shape index (κ3) is 7.01. The van der Waals surface area contributed by atoms with Gasteiger partial charge < -0.3 is 15.2 Å². The summed E-state index contributed by atoms with van der Waals surface area (Å²) in [7, 11) is 0. The molecular weight excluding hydrogens is 246 g/mol. The normalized spacial score (nSPS) is 11.1. The quantitative estimate of drug-likeness (QED) is 0.533. The first-order chi connectivity index (χ1) is 8.72. The fourth-order valence-corrected chi connectivity index (χ4v) is 2.18. The van der Waals surface area contributed by atoms with Crippen LogP contribution in [0.25, 0.3) is 0 Å². The average molecular weight is 269 g/mol. The van der Waals surface area contributed by atoms with Crippen molar-refractivity contribution < 1.29 is 9.84 Å². The van der Waals surface area contributed by atoms with Crippen LogP contribution in [-0.2, 0) is 11.3 Å². The summed E-state index contributed by atoms with van der Waals surface area (Å²) in [6, 6.07) is 9.13. The van der Waals surface area contributed by atoms with Gasteiger partial charge in [0.05, 0.1) is 19.8 Å². The van der Waals surface area contributed by atoms with Crippen LogP contribution in [0.1, 0.15) is 19.4 Å². The fourth-order valence-electron chi connectivity index (χ4n) is 1.41. The van der Waals surface area contributed by atoms with Gasteiger partial charge in [-0.3, -0.25) is 0 Å². The topological polar surface area (TPSA) is 41.5 Å². The summed E-state index contributed by atoms with van der Waals surface area (Å²) in [5.41, 5.74) is 1.31. The van der Waals surface area contributed by atoms with Crippen LogP contribution < -0.4 is 5.32 Å². The van der Waals surface area contributed by atoms with E-state index in [1.807, 2.05) is 0 Å². The molecule has 0 bridgehead atoms. The Hall–Kier alpha value is -0.550. The van der Waals surface area contributed by atoms with Gasteiger partial charge in [0.2, 0.25) is 0 Å². The molecule has 0 aliphatic heterocycles. The van der Waals surface area contributed by atoms with Crippen LogP contribution in [0.15, 0.2) is 29.2 Å². The molecule has 0 fully saturated rings. The Morgan fingerprint density at radius 1 is 1.22 bits per heavy atom. The minimum atomic E-state index is 0.0994. The molecule has 1 aromatic rings. The van der Waals surface area contributed by atoms with Gasteiger partial charge in [-0.15, -0.1) is 11.8 Å². The molecule has 1 rings (SSSR count). The van der Waals surface area contributed by atoms with Crippen LogP contribution in [0.5, 0.6) is 0 Å². The molecule has 0 spiro atoms. The van der Waals surface area contributed by atoms with E-state index in [2.05, 4.69) is 43.4 Å². The maximum Gasteiger partial charge on any atom is 0.0698 e. The molecule has 2 N–H and O–H groups in total. The van der Waals surface area contributed by atoms with Gasteiger partial charge in [-0.1, -0.05) is 26.0 Å². The molecule has 3 nitrogen and oxygen atoms in total. The maximum absolute atomic E-state index is 8.56. The van der Waals surface area contributed by atoms with Crippen molar-refractivity contribution in [2.45, 2.75) is 31.3 Å². The second-order valence-electron chi connectivity index (χ2n) is 4.36. The molecule has 0 amide bonds. The smallest absolute Gasteiger partial charge is 0.0698 e. The number of aliphatic hydroxyl groups excluding tert-OH is 1. The largest absolute Gasteiger partial charge is 0.394 e. The van der Waals surface area contributed by atoms with Crippen LogP contribution in [-0.4, -0.2) is 36.7 Å². The Morgan fingerprint density at radius 3 is 2.56 bits per heavy atom. The number of ether oxygens (including phenoxy) is 1. The summed E-state index contributed by atoms with van der Waals surface area (Å²) in [4.78, 5) is 1.26. The molecule has 0 unspecified atom stereocenters. The van der Waals surface area contributed by atoms with E-state index in [9.17, 15) is 0 Å². The molecule has 0 saturated carbocycles. The van der Waals surface area contributed by atoms with Gasteiger partial charge in [-0.2, -0.15) is 0 Å². The standard InChI is InChI=1S/C14H23NO2S/c1-12(2)15-11-13-3-5-14(6-4-13)18-10-9-17-8-7-16/h3-6,12,15-16H,7-11H2,1-2H3. The number of hydrogen-bond acceptors (Lipinski definition) is 4. The number of rotatable bonds is 9. The number of hydrogen-bond donors (Lipinski definition) is 2. The Bertz CT molecular complexity index is 314. The van der Waals surface area contributed by atoms with Crippen molar-refractivity contribution in [3.8, 4) is 0 Å². The van der Waals surface area contributed by atoms with Crippen LogP contribution in [0.2, 0.25) is 0 Å². The molecule has 0 radical (unpaired) electrons. The molecule has 0 aliphatic rings. The summed E-state index contributed by atoms with van der Waals surface area (Å²) in [5, 5.41) is 12.0. The van der Waals surface area contributed by atoms with Crippen LogP contribution >= 0.6 is 11.8 Å². The first-order valence-electron chi connectivity index (χ1n) is 6.36. The molecule has 0 saturated heterocycles. The van der Waals surface area contributed by atoms with Crippen molar-refractivity contribution in [3.63, 3.8) is 0 Å². The first kappa shape index (κ1) is 15.5. The zero-order chi connectivity index (χ0) is 13.2. The average Bonchev–Trinajstić information content (AvgIpc) is 2.37. The molecule has 4 heteroatoms. The van der Waals surface area contributed by atoms with E-state index in [1.165, 1.54) is 10.5 Å². The van der Waals surface area contributed by atoms with Crippen molar-refractivity contribution in [2.24, 2.45) is 0 Å². The SMILES string of the molecule is CC(C)NCc1ccc(SCCOCCO)cc1. The fraction of sp³-hybridized carbons (Fsp3) is 0.571. The van der Waals surface area contributed by atoms with Gasteiger partial charge in [-0.25, -0.2) is 0 Å². The molecule has 102 valence electrons. The predicted molar refractivity (Wildman–Crippen MR) is 77.0 cm³/mol. The third-order valence-electron chi connectivity index (χ3n) is 2.37. The number of aliphatic hydroxyl groups is 1.